The van der Waals surface area contributed by atoms with Crippen LogP contribution in [-0.2, 0) is 15.0 Å². The van der Waals surface area contributed by atoms with Crippen molar-refractivity contribution < 1.29 is 18.8 Å². The Hall–Kier alpha value is -3.52. The van der Waals surface area contributed by atoms with E-state index in [1.807, 2.05) is 36.1 Å². The summed E-state index contributed by atoms with van der Waals surface area (Å²) in [6.45, 7) is 2.40. The van der Waals surface area contributed by atoms with Crippen molar-refractivity contribution in [3.63, 3.8) is 0 Å². The van der Waals surface area contributed by atoms with Gasteiger partial charge in [0.15, 0.2) is 0 Å². The minimum atomic E-state index is -1.12. The van der Waals surface area contributed by atoms with E-state index < -0.39 is 5.41 Å². The number of fused-ring (bicyclic) bond motifs is 2. The van der Waals surface area contributed by atoms with E-state index in [0.29, 0.717) is 35.7 Å². The van der Waals surface area contributed by atoms with Crippen LogP contribution < -0.4 is 0 Å². The number of carbonyl (C=O) groups is 3. The molecule has 1 N–H and O–H groups in total. The lowest BCUT2D eigenvalue weighted by atomic mass is 9.65. The molecule has 3 unspecified atom stereocenters. The molecule has 3 aromatic rings. The zero-order chi connectivity index (χ0) is 28.3. The number of unbranched alkanes of at least 4 members (excludes halogenated alkanes) is 3. The fourth-order valence-electron chi connectivity index (χ4n) is 6.51. The second kappa shape index (κ2) is 11.9. The summed E-state index contributed by atoms with van der Waals surface area (Å²) in [6, 6.07) is 13.7. The Balaban J connectivity index is 1.49. The number of halogens is 1. The number of aryl methyl sites for hydroxylation is 1. The monoisotopic (exact) mass is 559 g/mol. The van der Waals surface area contributed by atoms with Crippen LogP contribution in [0.1, 0.15) is 83.9 Å². The predicted molar refractivity (Wildman–Crippen MR) is 155 cm³/mol. The van der Waals surface area contributed by atoms with Gasteiger partial charge in [-0.1, -0.05) is 42.8 Å². The van der Waals surface area contributed by atoms with E-state index in [9.17, 15) is 24.2 Å². The normalized spacial score (nSPS) is 21.8. The first-order valence-corrected chi connectivity index (χ1v) is 14.8. The molecule has 0 saturated carbocycles. The molecule has 2 aliphatic rings. The van der Waals surface area contributed by atoms with Crippen LogP contribution in [0.15, 0.2) is 48.5 Å². The highest BCUT2D eigenvalue weighted by atomic mass is 32.1. The molecule has 1 aliphatic heterocycles. The van der Waals surface area contributed by atoms with Gasteiger partial charge in [0.1, 0.15) is 24.1 Å². The van der Waals surface area contributed by atoms with Gasteiger partial charge in [0.2, 0.25) is 0 Å². The van der Waals surface area contributed by atoms with E-state index in [-0.39, 0.29) is 23.7 Å². The van der Waals surface area contributed by atoms with E-state index in [2.05, 4.69) is 4.98 Å². The number of nitrogens with zero attached hydrogens (tertiary/aromatic N) is 2. The summed E-state index contributed by atoms with van der Waals surface area (Å²) in [4.78, 5) is 45.2. The molecule has 6 nitrogen and oxygen atoms in total. The second-order valence-electron chi connectivity index (χ2n) is 10.8. The maximum absolute atomic E-state index is 14.2. The average molecular weight is 560 g/mol. The molecule has 2 aromatic carbocycles. The predicted octanol–water partition coefficient (Wildman–Crippen LogP) is 6.66. The number of aromatic nitrogens is 1. The molecule has 1 fully saturated rings. The van der Waals surface area contributed by atoms with Crippen LogP contribution in [-0.4, -0.2) is 46.7 Å². The minimum absolute atomic E-state index is 0.187. The molecule has 1 saturated heterocycles. The van der Waals surface area contributed by atoms with Gasteiger partial charge in [-0.25, -0.2) is 9.37 Å². The van der Waals surface area contributed by atoms with Crippen molar-refractivity contribution >= 4 is 35.5 Å². The number of thiazole rings is 1. The highest BCUT2D eigenvalue weighted by molar-refractivity contribution is 7.15. The van der Waals surface area contributed by atoms with E-state index in [1.54, 1.807) is 12.1 Å². The van der Waals surface area contributed by atoms with Crippen LogP contribution in [0.3, 0.4) is 0 Å². The third-order valence-electron chi connectivity index (χ3n) is 8.39. The van der Waals surface area contributed by atoms with Gasteiger partial charge in [0.05, 0.1) is 15.3 Å². The molecule has 8 heteroatoms. The Bertz CT molecular complexity index is 1420. The first-order chi connectivity index (χ1) is 19.4. The lowest BCUT2D eigenvalue weighted by Crippen LogP contribution is -2.54. The topological polar surface area (TPSA) is 91.2 Å². The molecule has 3 atom stereocenters. The van der Waals surface area contributed by atoms with Crippen LogP contribution in [0.4, 0.5) is 4.39 Å². The largest absolute Gasteiger partial charge is 0.334 e. The number of piperidine rings is 1. The number of hydrogen-bond donors (Lipinski definition) is 1. The van der Waals surface area contributed by atoms with Crippen LogP contribution in [0.25, 0.3) is 10.4 Å². The zero-order valence-electron chi connectivity index (χ0n) is 22.7. The van der Waals surface area contributed by atoms with Crippen molar-refractivity contribution in [2.45, 2.75) is 75.7 Å². The van der Waals surface area contributed by atoms with Gasteiger partial charge in [-0.15, -0.1) is 11.3 Å². The Kier molecular flexibility index (Phi) is 8.35. The molecule has 2 heterocycles. The summed E-state index contributed by atoms with van der Waals surface area (Å²) >= 11 is 1.41. The Morgan fingerprint density at radius 1 is 1.15 bits per heavy atom. The number of likely N-dealkylation sites (tertiary alicyclic amines) is 1. The van der Waals surface area contributed by atoms with Crippen LogP contribution in [0.2, 0.25) is 0 Å². The van der Waals surface area contributed by atoms with Gasteiger partial charge < -0.3 is 19.9 Å². The molecule has 1 aliphatic carbocycles. The molecular weight excluding hydrogens is 525 g/mol. The lowest BCUT2D eigenvalue weighted by Gasteiger charge is -2.45. The van der Waals surface area contributed by atoms with Crippen molar-refractivity contribution in [3.8, 4) is 10.4 Å². The number of nitrogens with one attached hydrogen (secondary N) is 1. The quantitative estimate of drug-likeness (QED) is 0.162. The number of hydrogen-bond acceptors (Lipinski definition) is 6. The van der Waals surface area contributed by atoms with Crippen molar-refractivity contribution in [1.82, 2.24) is 9.88 Å². The van der Waals surface area contributed by atoms with Crippen molar-refractivity contribution in [2.24, 2.45) is 0 Å². The Morgan fingerprint density at radius 3 is 2.70 bits per heavy atom. The van der Waals surface area contributed by atoms with Crippen molar-refractivity contribution in [1.29, 1.82) is 5.41 Å². The number of amides is 1. The molecule has 2 bridgehead atoms. The summed E-state index contributed by atoms with van der Waals surface area (Å²) in [5.74, 6) is -0.877. The fourth-order valence-corrected chi connectivity index (χ4v) is 7.42. The Labute approximate surface area is 238 Å². The number of carbonyl (C=O) groups excluding carboxylic acids is 3. The second-order valence-corrected chi connectivity index (χ2v) is 12.0. The molecule has 1 aromatic heterocycles. The van der Waals surface area contributed by atoms with Crippen molar-refractivity contribution in [2.75, 3.05) is 6.54 Å². The van der Waals surface area contributed by atoms with Gasteiger partial charge in [0.25, 0.3) is 5.91 Å². The van der Waals surface area contributed by atoms with Gasteiger partial charge >= 0.3 is 0 Å². The maximum Gasteiger partial charge on any atom is 0.274 e. The highest BCUT2D eigenvalue weighted by Crippen LogP contribution is 2.51. The van der Waals surface area contributed by atoms with Crippen LogP contribution in [0.5, 0.6) is 0 Å². The first-order valence-electron chi connectivity index (χ1n) is 14.0. The van der Waals surface area contributed by atoms with E-state index >= 15 is 0 Å². The third-order valence-corrected chi connectivity index (χ3v) is 9.41. The van der Waals surface area contributed by atoms with Gasteiger partial charge in [-0.3, -0.25) is 4.79 Å². The number of benzene rings is 2. The summed E-state index contributed by atoms with van der Waals surface area (Å²) < 4.78 is 13.6. The molecule has 208 valence electrons. The van der Waals surface area contributed by atoms with Crippen LogP contribution in [0, 0.1) is 18.2 Å². The van der Waals surface area contributed by atoms with Crippen molar-refractivity contribution in [3.05, 3.63) is 76.2 Å². The van der Waals surface area contributed by atoms with Gasteiger partial charge in [-0.2, -0.15) is 0 Å². The van der Waals surface area contributed by atoms with Gasteiger partial charge in [0, 0.05) is 30.6 Å². The van der Waals surface area contributed by atoms with Gasteiger partial charge in [-0.05, 0) is 74.3 Å². The smallest absolute Gasteiger partial charge is 0.274 e. The average Bonchev–Trinajstić information content (AvgIpc) is 3.46. The third kappa shape index (κ3) is 5.05. The summed E-state index contributed by atoms with van der Waals surface area (Å²) in [6.07, 6.45) is 7.65. The van der Waals surface area contributed by atoms with E-state index in [4.69, 9.17) is 0 Å². The standard InChI is InChI=1S/C32H34FN3O3S/c1-21-35-29(30(40-21)22-13-15-25(33)16-14-22)31(39)36-17-6-5-11-26(36)28-23-9-8-10-24(19-23)32(28,20-38)27(34)12-4-2-3-7-18-37/h8-10,13-16,18-20,26,28,34H,2-7,11-12,17H2,1H3. The first kappa shape index (κ1) is 28.0. The Morgan fingerprint density at radius 2 is 1.95 bits per heavy atom. The highest BCUT2D eigenvalue weighted by Gasteiger charge is 2.54. The summed E-state index contributed by atoms with van der Waals surface area (Å²) in [5.41, 5.74) is 2.14. The molecular formula is C32H34FN3O3S. The minimum Gasteiger partial charge on any atom is -0.334 e. The van der Waals surface area contributed by atoms with E-state index in [0.717, 1.165) is 72.8 Å². The molecule has 0 spiro atoms. The SMILES string of the molecule is Cc1nc(C(=O)N2CCCCC2C2c3cccc(c3)C2(C=O)C(=N)CCCCCC=O)c(-c2ccc(F)cc2)s1. The van der Waals surface area contributed by atoms with Crippen LogP contribution >= 0.6 is 11.3 Å². The molecule has 5 rings (SSSR count). The maximum atomic E-state index is 14.2. The molecule has 1 amide bonds. The lowest BCUT2D eigenvalue weighted by molar-refractivity contribution is -0.111. The fraction of sp³-hybridized carbons (Fsp3) is 0.406. The number of aldehydes is 2. The zero-order valence-corrected chi connectivity index (χ0v) is 23.5. The summed E-state index contributed by atoms with van der Waals surface area (Å²) in [7, 11) is 0. The molecule has 0 radical (unpaired) electrons. The van der Waals surface area contributed by atoms with E-state index in [1.165, 1.54) is 23.5 Å². The summed E-state index contributed by atoms with van der Waals surface area (Å²) in [5, 5.41) is 9.92. The number of rotatable bonds is 11. The molecule has 40 heavy (non-hydrogen) atoms.